The van der Waals surface area contributed by atoms with Crippen LogP contribution in [0.1, 0.15) is 30.9 Å². The van der Waals surface area contributed by atoms with Crippen LogP contribution in [0.25, 0.3) is 11.5 Å². The first kappa shape index (κ1) is 15.4. The zero-order valence-electron chi connectivity index (χ0n) is 11.9. The van der Waals surface area contributed by atoms with Crippen molar-refractivity contribution in [1.29, 1.82) is 0 Å². The van der Waals surface area contributed by atoms with Crippen molar-refractivity contribution in [3.63, 3.8) is 0 Å². The molecule has 23 heavy (non-hydrogen) atoms. The molecule has 7 nitrogen and oxygen atoms in total. The summed E-state index contributed by atoms with van der Waals surface area (Å²) in [5, 5.41) is 16.2. The van der Waals surface area contributed by atoms with E-state index in [0.717, 1.165) is 5.01 Å². The van der Waals surface area contributed by atoms with Gasteiger partial charge in [0.2, 0.25) is 0 Å². The molecule has 0 bridgehead atoms. The molecule has 0 saturated carbocycles. The van der Waals surface area contributed by atoms with E-state index in [4.69, 9.17) is 9.52 Å². The summed E-state index contributed by atoms with van der Waals surface area (Å²) in [7, 11) is 0. The van der Waals surface area contributed by atoms with Gasteiger partial charge in [0, 0.05) is 10.8 Å². The summed E-state index contributed by atoms with van der Waals surface area (Å²) in [5.74, 6) is -0.877. The lowest BCUT2D eigenvalue weighted by molar-refractivity contribution is 0.0691. The highest BCUT2D eigenvalue weighted by Gasteiger charge is 2.14. The Morgan fingerprint density at radius 2 is 2.13 bits per heavy atom. The summed E-state index contributed by atoms with van der Waals surface area (Å²) >= 11 is 2.68. The van der Waals surface area contributed by atoms with E-state index in [2.05, 4.69) is 15.3 Å². The summed E-state index contributed by atoms with van der Waals surface area (Å²) in [6, 6.07) is 1.62. The fraction of sp³-hybridized carbons (Fsp3) is 0.143. The van der Waals surface area contributed by atoms with Gasteiger partial charge >= 0.3 is 5.97 Å². The molecular formula is C14H11N3O4S2. The highest BCUT2D eigenvalue weighted by Crippen LogP contribution is 2.23. The Labute approximate surface area is 138 Å². The molecule has 0 atom stereocenters. The number of rotatable bonds is 5. The van der Waals surface area contributed by atoms with Crippen molar-refractivity contribution in [3.8, 4) is 11.5 Å². The number of thiazole rings is 2. The number of carboxylic acid groups (broad SMARTS) is 1. The quantitative estimate of drug-likeness (QED) is 0.734. The number of nitrogens with one attached hydrogen (secondary N) is 1. The average molecular weight is 349 g/mol. The lowest BCUT2D eigenvalue weighted by Crippen LogP contribution is -2.22. The number of aromatic carboxylic acids is 1. The Morgan fingerprint density at radius 1 is 1.30 bits per heavy atom. The maximum Gasteiger partial charge on any atom is 0.355 e. The third kappa shape index (κ3) is 3.46. The van der Waals surface area contributed by atoms with Gasteiger partial charge in [-0.25, -0.2) is 14.8 Å². The zero-order valence-corrected chi connectivity index (χ0v) is 13.5. The predicted octanol–water partition coefficient (Wildman–Crippen LogP) is 2.80. The van der Waals surface area contributed by atoms with E-state index < -0.39 is 5.97 Å². The lowest BCUT2D eigenvalue weighted by atomic mass is 10.2. The Morgan fingerprint density at radius 3 is 2.78 bits per heavy atom. The summed E-state index contributed by atoms with van der Waals surface area (Å²) in [6.45, 7) is 2.05. The van der Waals surface area contributed by atoms with Crippen LogP contribution in [0.15, 0.2) is 27.5 Å². The van der Waals surface area contributed by atoms with Gasteiger partial charge in [0.25, 0.3) is 5.91 Å². The van der Waals surface area contributed by atoms with Crippen molar-refractivity contribution in [1.82, 2.24) is 15.3 Å². The summed E-state index contributed by atoms with van der Waals surface area (Å²) in [6.07, 6.45) is 1.36. The van der Waals surface area contributed by atoms with Gasteiger partial charge in [0.05, 0.1) is 17.1 Å². The molecule has 0 aromatic carbocycles. The zero-order chi connectivity index (χ0) is 16.4. The van der Waals surface area contributed by atoms with Gasteiger partial charge in [-0.1, -0.05) is 0 Å². The maximum atomic E-state index is 12.1. The van der Waals surface area contributed by atoms with Gasteiger partial charge < -0.3 is 14.8 Å². The predicted molar refractivity (Wildman–Crippen MR) is 84.8 cm³/mol. The van der Waals surface area contributed by atoms with Crippen LogP contribution >= 0.6 is 22.7 Å². The molecule has 1 amide bonds. The summed E-state index contributed by atoms with van der Waals surface area (Å²) < 4.78 is 5.37. The number of aryl methyl sites for hydroxylation is 1. The van der Waals surface area contributed by atoms with E-state index in [1.54, 1.807) is 6.07 Å². The van der Waals surface area contributed by atoms with E-state index in [1.165, 1.54) is 34.3 Å². The highest BCUT2D eigenvalue weighted by atomic mass is 32.1. The van der Waals surface area contributed by atoms with Crippen LogP contribution in [0.5, 0.6) is 0 Å². The van der Waals surface area contributed by atoms with Crippen molar-refractivity contribution in [2.75, 3.05) is 0 Å². The standard InChI is InChI=1S/C14H11N3O4S2/c1-7-16-9(5-22-7)11-2-8(4-21-11)13(18)15-3-12-17-10(6-23-12)14(19)20/h2,4-6H,3H2,1H3,(H,15,18)(H,19,20). The minimum atomic E-state index is -1.09. The largest absolute Gasteiger partial charge is 0.476 e. The van der Waals surface area contributed by atoms with Crippen LogP contribution in [0.2, 0.25) is 0 Å². The van der Waals surface area contributed by atoms with E-state index >= 15 is 0 Å². The fourth-order valence-corrected chi connectivity index (χ4v) is 3.12. The number of furan rings is 1. The number of aromatic nitrogens is 2. The van der Waals surface area contributed by atoms with E-state index in [1.807, 2.05) is 12.3 Å². The second-order valence-electron chi connectivity index (χ2n) is 4.57. The molecule has 118 valence electrons. The fourth-order valence-electron chi connectivity index (χ4n) is 1.81. The lowest BCUT2D eigenvalue weighted by Gasteiger charge is -1.99. The van der Waals surface area contributed by atoms with Crippen LogP contribution in [0.4, 0.5) is 0 Å². The molecule has 0 spiro atoms. The van der Waals surface area contributed by atoms with E-state index in [9.17, 15) is 9.59 Å². The van der Waals surface area contributed by atoms with Crippen molar-refractivity contribution in [2.24, 2.45) is 0 Å². The van der Waals surface area contributed by atoms with Gasteiger partial charge in [-0.15, -0.1) is 22.7 Å². The molecule has 0 aliphatic heterocycles. The number of nitrogens with zero attached hydrogens (tertiary/aromatic N) is 2. The van der Waals surface area contributed by atoms with Crippen LogP contribution in [-0.4, -0.2) is 27.0 Å². The van der Waals surface area contributed by atoms with Crippen LogP contribution < -0.4 is 5.32 Å². The summed E-state index contributed by atoms with van der Waals surface area (Å²) in [4.78, 5) is 31.0. The van der Waals surface area contributed by atoms with Crippen molar-refractivity contribution >= 4 is 34.6 Å². The molecule has 3 aromatic rings. The first-order valence-corrected chi connectivity index (χ1v) is 8.26. The Kier molecular flexibility index (Phi) is 4.22. The molecule has 0 aliphatic rings. The van der Waals surface area contributed by atoms with E-state index in [-0.39, 0.29) is 18.1 Å². The second-order valence-corrected chi connectivity index (χ2v) is 6.57. The minimum absolute atomic E-state index is 0.0243. The first-order chi connectivity index (χ1) is 11.0. The van der Waals surface area contributed by atoms with Gasteiger partial charge in [-0.2, -0.15) is 0 Å². The number of hydrogen-bond donors (Lipinski definition) is 2. The van der Waals surface area contributed by atoms with Crippen molar-refractivity contribution in [3.05, 3.63) is 44.4 Å². The van der Waals surface area contributed by atoms with Gasteiger partial charge in [-0.05, 0) is 13.0 Å². The molecule has 3 aromatic heterocycles. The van der Waals surface area contributed by atoms with Crippen LogP contribution in [0.3, 0.4) is 0 Å². The molecule has 0 radical (unpaired) electrons. The van der Waals surface area contributed by atoms with Gasteiger partial charge in [-0.3, -0.25) is 4.79 Å². The minimum Gasteiger partial charge on any atom is -0.476 e. The molecule has 3 heterocycles. The smallest absolute Gasteiger partial charge is 0.355 e. The maximum absolute atomic E-state index is 12.1. The molecule has 0 saturated heterocycles. The SMILES string of the molecule is Cc1nc(-c2cc(C(=O)NCc3nc(C(=O)O)cs3)co2)cs1. The first-order valence-electron chi connectivity index (χ1n) is 6.50. The average Bonchev–Trinajstić information content (AvgIpc) is 3.24. The Hall–Kier alpha value is -2.52. The number of amides is 1. The summed E-state index contributed by atoms with van der Waals surface area (Å²) in [5.41, 5.74) is 1.04. The van der Waals surface area contributed by atoms with Crippen LogP contribution in [-0.2, 0) is 6.54 Å². The second kappa shape index (κ2) is 6.31. The Bertz CT molecular complexity index is 865. The van der Waals surface area contributed by atoms with Crippen LogP contribution in [0, 0.1) is 6.92 Å². The number of hydrogen-bond acceptors (Lipinski definition) is 7. The Balaban J connectivity index is 1.64. The number of carbonyl (C=O) groups excluding carboxylic acids is 1. The molecular weight excluding hydrogens is 338 g/mol. The molecule has 9 heteroatoms. The van der Waals surface area contributed by atoms with Crippen molar-refractivity contribution < 1.29 is 19.1 Å². The molecule has 3 rings (SSSR count). The van der Waals surface area contributed by atoms with E-state index in [0.29, 0.717) is 22.0 Å². The monoisotopic (exact) mass is 349 g/mol. The van der Waals surface area contributed by atoms with Gasteiger partial charge in [0.1, 0.15) is 17.0 Å². The third-order valence-corrected chi connectivity index (χ3v) is 4.53. The molecule has 2 N–H and O–H groups in total. The highest BCUT2D eigenvalue weighted by molar-refractivity contribution is 7.10. The van der Waals surface area contributed by atoms with Gasteiger partial charge in [0.15, 0.2) is 11.5 Å². The van der Waals surface area contributed by atoms with Crippen molar-refractivity contribution in [2.45, 2.75) is 13.5 Å². The third-order valence-electron chi connectivity index (χ3n) is 2.90. The molecule has 0 unspecified atom stereocenters. The number of carbonyl (C=O) groups is 2. The topological polar surface area (TPSA) is 105 Å². The molecule has 0 fully saturated rings. The number of carboxylic acids is 1. The normalized spacial score (nSPS) is 10.7. The molecule has 0 aliphatic carbocycles.